The lowest BCUT2D eigenvalue weighted by Gasteiger charge is -2.19. The van der Waals surface area contributed by atoms with Gasteiger partial charge in [0.05, 0.1) is 10.6 Å². The lowest BCUT2D eigenvalue weighted by atomic mass is 9.87. The molecule has 0 unspecified atom stereocenters. The Morgan fingerprint density at radius 2 is 2.33 bits per heavy atom. The van der Waals surface area contributed by atoms with Crippen LogP contribution in [0.5, 0.6) is 0 Å². The molecule has 0 saturated carbocycles. The molecule has 0 bridgehead atoms. The number of fused-ring (bicyclic) bond motifs is 1. The number of methoxy groups -OCH3 is 1. The Kier molecular flexibility index (Phi) is 7.32. The Balaban J connectivity index is 1.59. The number of amides is 1. The molecule has 148 valence electrons. The third-order valence-electron chi connectivity index (χ3n) is 5.00. The van der Waals surface area contributed by atoms with Crippen molar-refractivity contribution in [3.8, 4) is 10.7 Å². The second-order valence-electron chi connectivity index (χ2n) is 6.93. The molecule has 1 aliphatic carbocycles. The van der Waals surface area contributed by atoms with Gasteiger partial charge in [0.2, 0.25) is 5.91 Å². The van der Waals surface area contributed by atoms with Crippen molar-refractivity contribution in [1.82, 2.24) is 20.1 Å². The van der Waals surface area contributed by atoms with Crippen LogP contribution in [0.2, 0.25) is 0 Å². The first-order chi connectivity index (χ1) is 13.1. The predicted molar refractivity (Wildman–Crippen MR) is 110 cm³/mol. The van der Waals surface area contributed by atoms with Crippen LogP contribution < -0.4 is 5.32 Å². The van der Waals surface area contributed by atoms with Crippen LogP contribution in [-0.4, -0.2) is 46.7 Å². The molecule has 1 N–H and O–H groups in total. The van der Waals surface area contributed by atoms with Crippen molar-refractivity contribution in [2.75, 3.05) is 26.0 Å². The minimum atomic E-state index is 0.0119. The van der Waals surface area contributed by atoms with E-state index in [1.807, 2.05) is 23.0 Å². The Hall–Kier alpha value is -1.38. The standard InChI is InChI=1S/C19H28N4O2S2/c1-4-13-6-7-15-14(10-13)11-16(27-15)18-21-22-19(23(18)2)26-12-17(24)20-8-5-9-25-3/h11,13H,4-10,12H2,1-3H3,(H,20,24)/t13-/m1/s1. The summed E-state index contributed by atoms with van der Waals surface area (Å²) in [7, 11) is 3.64. The number of thiophene rings is 1. The van der Waals surface area contributed by atoms with Crippen LogP contribution >= 0.6 is 23.1 Å². The number of hydrogen-bond acceptors (Lipinski definition) is 6. The zero-order chi connectivity index (χ0) is 19.2. The monoisotopic (exact) mass is 408 g/mol. The van der Waals surface area contributed by atoms with Crippen LogP contribution in [-0.2, 0) is 29.4 Å². The molecule has 8 heteroatoms. The van der Waals surface area contributed by atoms with Gasteiger partial charge in [0, 0.05) is 32.2 Å². The average molecular weight is 409 g/mol. The van der Waals surface area contributed by atoms with Gasteiger partial charge in [-0.3, -0.25) is 4.79 Å². The predicted octanol–water partition coefficient (Wildman–Crippen LogP) is 3.30. The number of ether oxygens (including phenoxy) is 1. The lowest BCUT2D eigenvalue weighted by Crippen LogP contribution is -2.26. The quantitative estimate of drug-likeness (QED) is 0.509. The SMILES string of the molecule is CC[C@@H]1CCc2sc(-c3nnc(SCC(=O)NCCCOC)n3C)cc2C1. The molecule has 2 aromatic heterocycles. The highest BCUT2D eigenvalue weighted by Crippen LogP contribution is 2.37. The molecule has 1 aliphatic rings. The molecule has 0 saturated heterocycles. The Morgan fingerprint density at radius 1 is 1.48 bits per heavy atom. The molecule has 1 amide bonds. The molecule has 0 fully saturated rings. The average Bonchev–Trinajstić information content (AvgIpc) is 3.25. The zero-order valence-electron chi connectivity index (χ0n) is 16.3. The van der Waals surface area contributed by atoms with Crippen LogP contribution in [0.4, 0.5) is 0 Å². The van der Waals surface area contributed by atoms with Gasteiger partial charge in [-0.25, -0.2) is 0 Å². The number of thioether (sulfide) groups is 1. The van der Waals surface area contributed by atoms with Crippen LogP contribution in [0.3, 0.4) is 0 Å². The fraction of sp³-hybridized carbons (Fsp3) is 0.632. The van der Waals surface area contributed by atoms with Gasteiger partial charge < -0.3 is 14.6 Å². The number of rotatable bonds is 9. The van der Waals surface area contributed by atoms with Crippen LogP contribution in [0.15, 0.2) is 11.2 Å². The van der Waals surface area contributed by atoms with Gasteiger partial charge in [0.25, 0.3) is 0 Å². The summed E-state index contributed by atoms with van der Waals surface area (Å²) in [4.78, 5) is 14.6. The number of carbonyl (C=O) groups is 1. The van der Waals surface area contributed by atoms with Gasteiger partial charge in [0.15, 0.2) is 11.0 Å². The number of nitrogens with zero attached hydrogens (tertiary/aromatic N) is 3. The van der Waals surface area contributed by atoms with Gasteiger partial charge in [0.1, 0.15) is 0 Å². The number of aromatic nitrogens is 3. The smallest absolute Gasteiger partial charge is 0.230 e. The third kappa shape index (κ3) is 5.12. The van der Waals surface area contributed by atoms with Crippen molar-refractivity contribution in [2.24, 2.45) is 13.0 Å². The van der Waals surface area contributed by atoms with E-state index >= 15 is 0 Å². The molecule has 0 radical (unpaired) electrons. The van der Waals surface area contributed by atoms with Gasteiger partial charge in [-0.15, -0.1) is 21.5 Å². The van der Waals surface area contributed by atoms with Crippen LogP contribution in [0, 0.1) is 5.92 Å². The first-order valence-electron chi connectivity index (χ1n) is 9.52. The molecule has 27 heavy (non-hydrogen) atoms. The molecule has 3 rings (SSSR count). The molecule has 1 atom stereocenters. The zero-order valence-corrected chi connectivity index (χ0v) is 17.9. The van der Waals surface area contributed by atoms with Gasteiger partial charge in [-0.2, -0.15) is 0 Å². The summed E-state index contributed by atoms with van der Waals surface area (Å²) in [5, 5.41) is 12.3. The summed E-state index contributed by atoms with van der Waals surface area (Å²) in [5.41, 5.74) is 1.49. The van der Waals surface area contributed by atoms with Crippen molar-refractivity contribution >= 4 is 29.0 Å². The highest BCUT2D eigenvalue weighted by atomic mass is 32.2. The Morgan fingerprint density at radius 3 is 3.11 bits per heavy atom. The van der Waals surface area contributed by atoms with E-state index < -0.39 is 0 Å². The second kappa shape index (κ2) is 9.71. The fourth-order valence-corrected chi connectivity index (χ4v) is 5.31. The first kappa shape index (κ1) is 20.4. The minimum absolute atomic E-state index is 0.0119. The maximum Gasteiger partial charge on any atom is 0.230 e. The number of aryl methyl sites for hydroxylation is 1. The van der Waals surface area contributed by atoms with Crippen molar-refractivity contribution in [3.05, 3.63) is 16.5 Å². The van der Waals surface area contributed by atoms with E-state index in [-0.39, 0.29) is 5.91 Å². The van der Waals surface area contributed by atoms with Crippen molar-refractivity contribution in [1.29, 1.82) is 0 Å². The van der Waals surface area contributed by atoms with Gasteiger partial charge in [-0.05, 0) is 43.2 Å². The molecule has 2 heterocycles. The van der Waals surface area contributed by atoms with E-state index in [4.69, 9.17) is 4.74 Å². The summed E-state index contributed by atoms with van der Waals surface area (Å²) in [6.45, 7) is 3.57. The minimum Gasteiger partial charge on any atom is -0.385 e. The highest BCUT2D eigenvalue weighted by Gasteiger charge is 2.22. The molecule has 0 aromatic carbocycles. The second-order valence-corrected chi connectivity index (χ2v) is 9.01. The van der Waals surface area contributed by atoms with Crippen molar-refractivity contribution in [2.45, 2.75) is 44.2 Å². The van der Waals surface area contributed by atoms with E-state index in [2.05, 4.69) is 28.5 Å². The molecular formula is C19H28N4O2S2. The lowest BCUT2D eigenvalue weighted by molar-refractivity contribution is -0.118. The Bertz CT molecular complexity index is 772. The molecule has 0 aliphatic heterocycles. The number of nitrogens with one attached hydrogen (secondary N) is 1. The third-order valence-corrected chi connectivity index (χ3v) is 7.25. The summed E-state index contributed by atoms with van der Waals surface area (Å²) >= 11 is 3.27. The summed E-state index contributed by atoms with van der Waals surface area (Å²) in [6, 6.07) is 2.29. The Labute approximate surface area is 169 Å². The molecular weight excluding hydrogens is 380 g/mol. The van der Waals surface area contributed by atoms with E-state index in [1.54, 1.807) is 7.11 Å². The molecule has 0 spiro atoms. The van der Waals surface area contributed by atoms with E-state index in [9.17, 15) is 4.79 Å². The van der Waals surface area contributed by atoms with E-state index in [0.717, 1.165) is 23.3 Å². The largest absolute Gasteiger partial charge is 0.385 e. The maximum absolute atomic E-state index is 11.9. The van der Waals surface area contributed by atoms with Crippen LogP contribution in [0.1, 0.15) is 36.6 Å². The topological polar surface area (TPSA) is 69.0 Å². The fourth-order valence-electron chi connectivity index (χ4n) is 3.34. The van der Waals surface area contributed by atoms with Crippen molar-refractivity contribution < 1.29 is 9.53 Å². The van der Waals surface area contributed by atoms with Crippen molar-refractivity contribution in [3.63, 3.8) is 0 Å². The normalized spacial score (nSPS) is 16.3. The summed E-state index contributed by atoms with van der Waals surface area (Å²) in [6.07, 6.45) is 5.74. The summed E-state index contributed by atoms with van der Waals surface area (Å²) < 4.78 is 6.98. The van der Waals surface area contributed by atoms with E-state index in [0.29, 0.717) is 18.9 Å². The van der Waals surface area contributed by atoms with Gasteiger partial charge >= 0.3 is 0 Å². The van der Waals surface area contributed by atoms with Gasteiger partial charge in [-0.1, -0.05) is 25.1 Å². The molecule has 2 aromatic rings. The first-order valence-corrected chi connectivity index (χ1v) is 11.3. The number of carbonyl (C=O) groups excluding carboxylic acids is 1. The maximum atomic E-state index is 11.9. The van der Waals surface area contributed by atoms with Crippen LogP contribution in [0.25, 0.3) is 10.7 Å². The van der Waals surface area contributed by atoms with E-state index in [1.165, 1.54) is 52.8 Å². The summed E-state index contributed by atoms with van der Waals surface area (Å²) in [5.74, 6) is 2.06. The number of hydrogen-bond donors (Lipinski definition) is 1. The molecule has 6 nitrogen and oxygen atoms in total. The highest BCUT2D eigenvalue weighted by molar-refractivity contribution is 7.99.